The van der Waals surface area contributed by atoms with Crippen LogP contribution in [0.4, 0.5) is 5.69 Å². The van der Waals surface area contributed by atoms with E-state index >= 15 is 0 Å². The van der Waals surface area contributed by atoms with Crippen molar-refractivity contribution in [2.24, 2.45) is 0 Å². The number of amides is 1. The summed E-state index contributed by atoms with van der Waals surface area (Å²) in [5.74, 6) is 0.272. The Bertz CT molecular complexity index is 1100. The van der Waals surface area contributed by atoms with Crippen molar-refractivity contribution < 1.29 is 9.53 Å². The van der Waals surface area contributed by atoms with Gasteiger partial charge in [-0.2, -0.15) is 0 Å². The topological polar surface area (TPSA) is 64.1 Å². The van der Waals surface area contributed by atoms with Crippen molar-refractivity contribution in [3.63, 3.8) is 0 Å². The van der Waals surface area contributed by atoms with E-state index in [0.717, 1.165) is 44.5 Å². The zero-order chi connectivity index (χ0) is 21.3. The van der Waals surface area contributed by atoms with Gasteiger partial charge in [0.25, 0.3) is 0 Å². The summed E-state index contributed by atoms with van der Waals surface area (Å²) in [4.78, 5) is 24.3. The Hall–Kier alpha value is -1.61. The second-order valence-electron chi connectivity index (χ2n) is 7.67. The molecule has 0 fully saturated rings. The van der Waals surface area contributed by atoms with Gasteiger partial charge >= 0.3 is 0 Å². The smallest absolute Gasteiger partial charge is 0.234 e. The molecule has 30 heavy (non-hydrogen) atoms. The second-order valence-corrected chi connectivity index (χ2v) is 10.5. The number of ether oxygens (including phenoxy) is 1. The van der Waals surface area contributed by atoms with E-state index in [1.807, 2.05) is 37.4 Å². The molecule has 1 aliphatic heterocycles. The fourth-order valence-electron chi connectivity index (χ4n) is 3.50. The minimum absolute atomic E-state index is 0.0334. The number of carbonyl (C=O) groups is 1. The summed E-state index contributed by atoms with van der Waals surface area (Å²) >= 11 is 4.70. The first kappa shape index (κ1) is 21.6. The number of thiophene rings is 1. The standard InChI is InChI=1S/C22H25N3O2S3/c1-5-22(3)10-15-16(11-27-22)30-20-18(15)19(24-21(25-20)28-4)29-12-17(26)23-14-8-6-7-13(2)9-14/h6-9H,5,10-12H2,1-4H3,(H,23,26)/t22-/m1/s1. The van der Waals surface area contributed by atoms with E-state index in [9.17, 15) is 4.79 Å². The number of nitrogens with zero attached hydrogens (tertiary/aromatic N) is 2. The van der Waals surface area contributed by atoms with Crippen LogP contribution in [0.15, 0.2) is 34.4 Å². The number of anilines is 1. The summed E-state index contributed by atoms with van der Waals surface area (Å²) in [6.07, 6.45) is 3.78. The maximum atomic E-state index is 12.6. The SMILES string of the molecule is CC[C@]1(C)Cc2c(sc3nc(SC)nc(SCC(=O)Nc4cccc(C)c4)c23)CO1. The van der Waals surface area contributed by atoms with E-state index in [2.05, 4.69) is 19.2 Å². The lowest BCUT2D eigenvalue weighted by Gasteiger charge is -2.33. The Balaban J connectivity index is 1.61. The van der Waals surface area contributed by atoms with E-state index in [0.29, 0.717) is 12.4 Å². The number of benzene rings is 1. The van der Waals surface area contributed by atoms with Crippen molar-refractivity contribution in [1.82, 2.24) is 9.97 Å². The van der Waals surface area contributed by atoms with Gasteiger partial charge in [-0.15, -0.1) is 11.3 Å². The molecule has 1 atom stereocenters. The highest BCUT2D eigenvalue weighted by Crippen LogP contribution is 2.43. The minimum Gasteiger partial charge on any atom is -0.369 e. The number of hydrogen-bond donors (Lipinski definition) is 1. The average Bonchev–Trinajstić information content (AvgIpc) is 3.09. The third-order valence-corrected chi connectivity index (χ3v) is 7.98. The molecule has 0 bridgehead atoms. The van der Waals surface area contributed by atoms with E-state index in [1.54, 1.807) is 11.3 Å². The van der Waals surface area contributed by atoms with Gasteiger partial charge in [-0.25, -0.2) is 9.97 Å². The Morgan fingerprint density at radius 3 is 2.93 bits per heavy atom. The molecular weight excluding hydrogens is 434 g/mol. The summed E-state index contributed by atoms with van der Waals surface area (Å²) in [5.41, 5.74) is 3.07. The molecule has 1 aromatic carbocycles. The van der Waals surface area contributed by atoms with Gasteiger partial charge in [0.05, 0.1) is 18.0 Å². The van der Waals surface area contributed by atoms with Crippen LogP contribution in [0, 0.1) is 6.92 Å². The first-order valence-electron chi connectivity index (χ1n) is 9.90. The van der Waals surface area contributed by atoms with Crippen LogP contribution < -0.4 is 5.32 Å². The lowest BCUT2D eigenvalue weighted by Crippen LogP contribution is -2.33. The summed E-state index contributed by atoms with van der Waals surface area (Å²) < 4.78 is 6.13. The molecule has 1 N–H and O–H groups in total. The van der Waals surface area contributed by atoms with E-state index < -0.39 is 0 Å². The van der Waals surface area contributed by atoms with Crippen LogP contribution in [-0.4, -0.2) is 33.5 Å². The quantitative estimate of drug-likeness (QED) is 0.290. The van der Waals surface area contributed by atoms with Crippen LogP contribution in [0.25, 0.3) is 10.2 Å². The number of aryl methyl sites for hydroxylation is 1. The molecule has 1 amide bonds. The van der Waals surface area contributed by atoms with Crippen molar-refractivity contribution in [3.05, 3.63) is 40.3 Å². The van der Waals surface area contributed by atoms with E-state index in [1.165, 1.54) is 34.0 Å². The van der Waals surface area contributed by atoms with Crippen LogP contribution in [0.5, 0.6) is 0 Å². The predicted octanol–water partition coefficient (Wildman–Crippen LogP) is 5.69. The minimum atomic E-state index is -0.163. The van der Waals surface area contributed by atoms with Gasteiger partial charge in [0.15, 0.2) is 5.16 Å². The first-order valence-corrected chi connectivity index (χ1v) is 12.9. The Labute approximate surface area is 189 Å². The van der Waals surface area contributed by atoms with Gasteiger partial charge in [-0.3, -0.25) is 4.79 Å². The molecule has 0 spiro atoms. The molecular formula is C22H25N3O2S3. The molecule has 2 aromatic heterocycles. The van der Waals surface area contributed by atoms with Crippen LogP contribution in [0.2, 0.25) is 0 Å². The lowest BCUT2D eigenvalue weighted by atomic mass is 9.90. The lowest BCUT2D eigenvalue weighted by molar-refractivity contribution is -0.113. The van der Waals surface area contributed by atoms with E-state index in [-0.39, 0.29) is 11.5 Å². The highest BCUT2D eigenvalue weighted by Gasteiger charge is 2.33. The summed E-state index contributed by atoms with van der Waals surface area (Å²) in [7, 11) is 0. The van der Waals surface area contributed by atoms with Crippen molar-refractivity contribution in [3.8, 4) is 0 Å². The average molecular weight is 460 g/mol. The zero-order valence-electron chi connectivity index (χ0n) is 17.6. The van der Waals surface area contributed by atoms with Crippen molar-refractivity contribution in [2.45, 2.75) is 56.0 Å². The molecule has 4 rings (SSSR count). The number of nitrogens with one attached hydrogen (secondary N) is 1. The molecule has 0 saturated carbocycles. The number of rotatable bonds is 6. The number of thioether (sulfide) groups is 2. The molecule has 0 aliphatic carbocycles. The van der Waals surface area contributed by atoms with Gasteiger partial charge < -0.3 is 10.1 Å². The highest BCUT2D eigenvalue weighted by molar-refractivity contribution is 8.00. The molecule has 8 heteroatoms. The number of carbonyl (C=O) groups excluding carboxylic acids is 1. The van der Waals surface area contributed by atoms with Crippen LogP contribution in [0.3, 0.4) is 0 Å². The molecule has 0 unspecified atom stereocenters. The van der Waals surface area contributed by atoms with Crippen molar-refractivity contribution in [1.29, 1.82) is 0 Å². The Morgan fingerprint density at radius 1 is 1.37 bits per heavy atom. The Morgan fingerprint density at radius 2 is 2.20 bits per heavy atom. The third kappa shape index (κ3) is 4.51. The summed E-state index contributed by atoms with van der Waals surface area (Å²) in [5, 5.41) is 5.71. The monoisotopic (exact) mass is 459 g/mol. The molecule has 3 aromatic rings. The van der Waals surface area contributed by atoms with E-state index in [4.69, 9.17) is 14.7 Å². The van der Waals surface area contributed by atoms with Gasteiger partial charge in [-0.1, -0.05) is 42.6 Å². The summed E-state index contributed by atoms with van der Waals surface area (Å²) in [6, 6.07) is 7.84. The van der Waals surface area contributed by atoms with Gasteiger partial charge in [0, 0.05) is 22.4 Å². The first-order chi connectivity index (χ1) is 14.4. The molecule has 3 heterocycles. The van der Waals surface area contributed by atoms with Crippen LogP contribution >= 0.6 is 34.9 Å². The largest absolute Gasteiger partial charge is 0.369 e. The van der Waals surface area contributed by atoms with Crippen LogP contribution in [-0.2, 0) is 22.6 Å². The molecule has 0 saturated heterocycles. The third-order valence-electron chi connectivity index (χ3n) is 5.36. The Kier molecular flexibility index (Phi) is 6.39. The zero-order valence-corrected chi connectivity index (χ0v) is 20.0. The number of aromatic nitrogens is 2. The molecule has 1 aliphatic rings. The van der Waals surface area contributed by atoms with Gasteiger partial charge in [-0.05, 0) is 49.8 Å². The number of fused-ring (bicyclic) bond motifs is 3. The maximum absolute atomic E-state index is 12.6. The van der Waals surface area contributed by atoms with Crippen LogP contribution in [0.1, 0.15) is 36.3 Å². The highest BCUT2D eigenvalue weighted by atomic mass is 32.2. The normalized spacial score (nSPS) is 18.4. The molecule has 158 valence electrons. The molecule has 0 radical (unpaired) electrons. The maximum Gasteiger partial charge on any atom is 0.234 e. The van der Waals surface area contributed by atoms with Gasteiger partial charge in [0.2, 0.25) is 5.91 Å². The fraction of sp³-hybridized carbons (Fsp3) is 0.409. The second kappa shape index (κ2) is 8.86. The molecule has 5 nitrogen and oxygen atoms in total. The fourth-order valence-corrected chi connectivity index (χ4v) is 6.00. The summed E-state index contributed by atoms with van der Waals surface area (Å²) in [6.45, 7) is 6.96. The number of hydrogen-bond acceptors (Lipinski definition) is 7. The van der Waals surface area contributed by atoms with Gasteiger partial charge in [0.1, 0.15) is 9.86 Å². The van der Waals surface area contributed by atoms with Crippen molar-refractivity contribution >= 4 is 56.7 Å². The predicted molar refractivity (Wildman–Crippen MR) is 127 cm³/mol. The van der Waals surface area contributed by atoms with Crippen molar-refractivity contribution in [2.75, 3.05) is 17.3 Å².